The van der Waals surface area contributed by atoms with Gasteiger partial charge in [-0.3, -0.25) is 0 Å². The molecule has 0 saturated heterocycles. The second-order valence-corrected chi connectivity index (χ2v) is 5.51. The van der Waals surface area contributed by atoms with Crippen LogP contribution >= 0.6 is 11.3 Å². The van der Waals surface area contributed by atoms with Crippen molar-refractivity contribution in [1.29, 1.82) is 0 Å². The molecule has 0 unspecified atom stereocenters. The SMILES string of the molecule is Cc1nc(CN)sc1-c1nncn1CC(C)C. The molecule has 0 aliphatic heterocycles. The van der Waals surface area contributed by atoms with Crippen molar-refractivity contribution in [3.8, 4) is 10.7 Å². The highest BCUT2D eigenvalue weighted by Gasteiger charge is 2.15. The predicted molar refractivity (Wildman–Crippen MR) is 68.6 cm³/mol. The molecule has 0 aliphatic carbocycles. The number of hydrogen-bond donors (Lipinski definition) is 1. The van der Waals surface area contributed by atoms with Crippen LogP contribution < -0.4 is 5.73 Å². The minimum atomic E-state index is 0.476. The molecule has 0 spiro atoms. The van der Waals surface area contributed by atoms with E-state index in [2.05, 4.69) is 33.6 Å². The highest BCUT2D eigenvalue weighted by atomic mass is 32.1. The van der Waals surface area contributed by atoms with Gasteiger partial charge in [0.25, 0.3) is 0 Å². The van der Waals surface area contributed by atoms with Crippen molar-refractivity contribution >= 4 is 11.3 Å². The fourth-order valence-corrected chi connectivity index (χ4v) is 2.65. The number of thiazole rings is 1. The van der Waals surface area contributed by atoms with E-state index in [0.717, 1.165) is 27.9 Å². The molecule has 92 valence electrons. The Morgan fingerprint density at radius 3 is 2.82 bits per heavy atom. The van der Waals surface area contributed by atoms with Crippen molar-refractivity contribution in [3.05, 3.63) is 17.0 Å². The van der Waals surface area contributed by atoms with Crippen LogP contribution in [0.3, 0.4) is 0 Å². The summed E-state index contributed by atoms with van der Waals surface area (Å²) in [6, 6.07) is 0. The lowest BCUT2D eigenvalue weighted by Crippen LogP contribution is -2.04. The first-order valence-electron chi connectivity index (χ1n) is 5.66. The van der Waals surface area contributed by atoms with E-state index in [1.165, 1.54) is 0 Å². The highest BCUT2D eigenvalue weighted by molar-refractivity contribution is 7.15. The maximum Gasteiger partial charge on any atom is 0.175 e. The first-order valence-corrected chi connectivity index (χ1v) is 6.48. The number of nitrogens with zero attached hydrogens (tertiary/aromatic N) is 4. The Hall–Kier alpha value is -1.27. The summed E-state index contributed by atoms with van der Waals surface area (Å²) in [6.07, 6.45) is 1.77. The minimum absolute atomic E-state index is 0.476. The van der Waals surface area contributed by atoms with E-state index >= 15 is 0 Å². The molecule has 2 aromatic heterocycles. The predicted octanol–water partition coefficient (Wildman–Crippen LogP) is 1.82. The van der Waals surface area contributed by atoms with Gasteiger partial charge in [-0.2, -0.15) is 0 Å². The van der Waals surface area contributed by atoms with Crippen molar-refractivity contribution in [2.24, 2.45) is 11.7 Å². The number of rotatable bonds is 4. The average Bonchev–Trinajstić information content (AvgIpc) is 2.83. The Balaban J connectivity index is 2.38. The molecule has 0 saturated carbocycles. The van der Waals surface area contributed by atoms with Gasteiger partial charge in [0.2, 0.25) is 0 Å². The van der Waals surface area contributed by atoms with Gasteiger partial charge in [0.1, 0.15) is 11.3 Å². The normalized spacial score (nSPS) is 11.4. The lowest BCUT2D eigenvalue weighted by molar-refractivity contribution is 0.525. The number of nitrogens with two attached hydrogens (primary N) is 1. The molecule has 2 heterocycles. The van der Waals surface area contributed by atoms with Crippen molar-refractivity contribution in [3.63, 3.8) is 0 Å². The van der Waals surface area contributed by atoms with Gasteiger partial charge in [-0.15, -0.1) is 21.5 Å². The lowest BCUT2D eigenvalue weighted by Gasteiger charge is -2.07. The van der Waals surface area contributed by atoms with Crippen LogP contribution in [0.4, 0.5) is 0 Å². The lowest BCUT2D eigenvalue weighted by atomic mass is 10.2. The van der Waals surface area contributed by atoms with Crippen LogP contribution in [0.25, 0.3) is 10.7 Å². The molecule has 6 heteroatoms. The fourth-order valence-electron chi connectivity index (χ4n) is 1.70. The maximum absolute atomic E-state index is 5.61. The second-order valence-electron chi connectivity index (χ2n) is 4.43. The van der Waals surface area contributed by atoms with Gasteiger partial charge in [-0.25, -0.2) is 4.98 Å². The maximum atomic E-state index is 5.61. The van der Waals surface area contributed by atoms with Crippen molar-refractivity contribution in [2.75, 3.05) is 0 Å². The number of aryl methyl sites for hydroxylation is 1. The second kappa shape index (κ2) is 4.93. The molecule has 17 heavy (non-hydrogen) atoms. The van der Waals surface area contributed by atoms with Crippen molar-refractivity contribution < 1.29 is 0 Å². The Labute approximate surface area is 105 Å². The van der Waals surface area contributed by atoms with Gasteiger partial charge in [0, 0.05) is 13.1 Å². The third kappa shape index (κ3) is 2.53. The van der Waals surface area contributed by atoms with Gasteiger partial charge in [-0.1, -0.05) is 13.8 Å². The molecule has 0 radical (unpaired) electrons. The number of aromatic nitrogens is 4. The van der Waals surface area contributed by atoms with Crippen LogP contribution in [-0.2, 0) is 13.1 Å². The quantitative estimate of drug-likeness (QED) is 0.900. The van der Waals surface area contributed by atoms with Crippen LogP contribution in [0, 0.1) is 12.8 Å². The van der Waals surface area contributed by atoms with Crippen LogP contribution in [0.5, 0.6) is 0 Å². The molecule has 0 atom stereocenters. The monoisotopic (exact) mass is 251 g/mol. The number of hydrogen-bond acceptors (Lipinski definition) is 5. The molecule has 0 bridgehead atoms. The van der Waals surface area contributed by atoms with E-state index in [9.17, 15) is 0 Å². The Morgan fingerprint density at radius 2 is 2.24 bits per heavy atom. The van der Waals surface area contributed by atoms with Gasteiger partial charge < -0.3 is 10.3 Å². The van der Waals surface area contributed by atoms with Crippen LogP contribution in [-0.4, -0.2) is 19.7 Å². The zero-order chi connectivity index (χ0) is 12.4. The first-order chi connectivity index (χ1) is 8.11. The summed E-state index contributed by atoms with van der Waals surface area (Å²) < 4.78 is 2.07. The summed E-state index contributed by atoms with van der Waals surface area (Å²) in [5.74, 6) is 1.46. The van der Waals surface area contributed by atoms with Gasteiger partial charge in [0.05, 0.1) is 10.6 Å². The summed E-state index contributed by atoms with van der Waals surface area (Å²) in [6.45, 7) is 7.73. The van der Waals surface area contributed by atoms with Crippen molar-refractivity contribution in [1.82, 2.24) is 19.7 Å². The molecular formula is C11H17N5S. The van der Waals surface area contributed by atoms with Crippen molar-refractivity contribution in [2.45, 2.75) is 33.9 Å². The zero-order valence-electron chi connectivity index (χ0n) is 10.3. The summed E-state index contributed by atoms with van der Waals surface area (Å²) in [4.78, 5) is 5.49. The molecule has 2 aromatic rings. The van der Waals surface area contributed by atoms with E-state index in [1.54, 1.807) is 17.7 Å². The Kier molecular flexibility index (Phi) is 3.54. The Bertz CT molecular complexity index is 500. The standard InChI is InChI=1S/C11H17N5S/c1-7(2)5-16-6-13-15-11(16)10-8(3)14-9(4-12)17-10/h6-7H,4-5,12H2,1-3H3. The van der Waals surface area contributed by atoms with E-state index in [-0.39, 0.29) is 0 Å². The average molecular weight is 251 g/mol. The molecule has 0 aromatic carbocycles. The van der Waals surface area contributed by atoms with E-state index in [4.69, 9.17) is 5.73 Å². The van der Waals surface area contributed by atoms with Gasteiger partial charge in [0.15, 0.2) is 5.82 Å². The van der Waals surface area contributed by atoms with E-state index < -0.39 is 0 Å². The third-order valence-corrected chi connectivity index (χ3v) is 3.57. The highest BCUT2D eigenvalue weighted by Crippen LogP contribution is 2.28. The van der Waals surface area contributed by atoms with Gasteiger partial charge in [-0.05, 0) is 12.8 Å². The molecule has 0 fully saturated rings. The fraction of sp³-hybridized carbons (Fsp3) is 0.545. The largest absolute Gasteiger partial charge is 0.325 e. The zero-order valence-corrected chi connectivity index (χ0v) is 11.2. The smallest absolute Gasteiger partial charge is 0.175 e. The van der Waals surface area contributed by atoms with Crippen LogP contribution in [0.1, 0.15) is 24.5 Å². The van der Waals surface area contributed by atoms with E-state index in [1.807, 2.05) is 6.92 Å². The molecule has 2 N–H and O–H groups in total. The third-order valence-electron chi connectivity index (χ3n) is 2.40. The Morgan fingerprint density at radius 1 is 1.47 bits per heavy atom. The summed E-state index contributed by atoms with van der Waals surface area (Å²) in [7, 11) is 0. The first kappa shape index (κ1) is 12.2. The summed E-state index contributed by atoms with van der Waals surface area (Å²) >= 11 is 1.60. The molecule has 0 aliphatic rings. The van der Waals surface area contributed by atoms with Crippen LogP contribution in [0.15, 0.2) is 6.33 Å². The summed E-state index contributed by atoms with van der Waals surface area (Å²) in [5.41, 5.74) is 6.59. The topological polar surface area (TPSA) is 69.6 Å². The molecule has 5 nitrogen and oxygen atoms in total. The van der Waals surface area contributed by atoms with E-state index in [0.29, 0.717) is 12.5 Å². The summed E-state index contributed by atoms with van der Waals surface area (Å²) in [5, 5.41) is 9.12. The molecular weight excluding hydrogens is 234 g/mol. The molecule has 0 amide bonds. The molecule has 2 rings (SSSR count). The van der Waals surface area contributed by atoms with Crippen LogP contribution in [0.2, 0.25) is 0 Å². The van der Waals surface area contributed by atoms with Gasteiger partial charge >= 0.3 is 0 Å². The minimum Gasteiger partial charge on any atom is -0.325 e.